The molecule has 3 rings (SSSR count). The van der Waals surface area contributed by atoms with Crippen LogP contribution in [0.1, 0.15) is 29.4 Å². The number of fused-ring (bicyclic) bond motifs is 1. The van der Waals surface area contributed by atoms with Crippen molar-refractivity contribution in [2.24, 2.45) is 0 Å². The molecule has 146 valence electrons. The zero-order chi connectivity index (χ0) is 20.1. The normalized spacial score (nSPS) is 10.8. The number of nitrogens with one attached hydrogen (secondary N) is 1. The SMILES string of the molecule is CCn1nc(C(=O)NCCCc2ccc(N(C)C)cc2)c2ccccc2c1=O. The van der Waals surface area contributed by atoms with Crippen molar-refractivity contribution < 1.29 is 4.79 Å². The molecule has 0 radical (unpaired) electrons. The quantitative estimate of drug-likeness (QED) is 0.642. The Bertz CT molecular complexity index is 1020. The van der Waals surface area contributed by atoms with Crippen molar-refractivity contribution in [3.63, 3.8) is 0 Å². The maximum absolute atomic E-state index is 12.7. The van der Waals surface area contributed by atoms with Crippen molar-refractivity contribution in [1.29, 1.82) is 0 Å². The molecule has 3 aromatic rings. The molecule has 2 aromatic carbocycles. The van der Waals surface area contributed by atoms with Crippen LogP contribution < -0.4 is 15.8 Å². The van der Waals surface area contributed by atoms with Crippen LogP contribution in [0.15, 0.2) is 53.3 Å². The summed E-state index contributed by atoms with van der Waals surface area (Å²) in [5.74, 6) is -0.249. The zero-order valence-electron chi connectivity index (χ0n) is 16.6. The lowest BCUT2D eigenvalue weighted by Gasteiger charge is -2.13. The van der Waals surface area contributed by atoms with Crippen molar-refractivity contribution in [1.82, 2.24) is 15.1 Å². The Morgan fingerprint density at radius 1 is 1.07 bits per heavy atom. The maximum atomic E-state index is 12.7. The molecule has 28 heavy (non-hydrogen) atoms. The Kier molecular flexibility index (Phi) is 6.09. The van der Waals surface area contributed by atoms with Crippen molar-refractivity contribution in [2.75, 3.05) is 25.5 Å². The number of hydrogen-bond donors (Lipinski definition) is 1. The van der Waals surface area contributed by atoms with E-state index in [2.05, 4.69) is 39.6 Å². The first-order chi connectivity index (χ1) is 13.5. The second-order valence-corrected chi connectivity index (χ2v) is 6.94. The summed E-state index contributed by atoms with van der Waals surface area (Å²) >= 11 is 0. The predicted molar refractivity (Wildman–Crippen MR) is 113 cm³/mol. The monoisotopic (exact) mass is 378 g/mol. The molecule has 1 aromatic heterocycles. The molecule has 1 heterocycles. The predicted octanol–water partition coefficient (Wildman–Crippen LogP) is 2.85. The fourth-order valence-electron chi connectivity index (χ4n) is 3.16. The Morgan fingerprint density at radius 2 is 1.75 bits per heavy atom. The molecule has 0 saturated heterocycles. The number of hydrogen-bond acceptors (Lipinski definition) is 4. The van der Waals surface area contributed by atoms with Gasteiger partial charge in [0.1, 0.15) is 0 Å². The third-order valence-electron chi connectivity index (χ3n) is 4.76. The van der Waals surface area contributed by atoms with Crippen molar-refractivity contribution in [3.05, 3.63) is 70.1 Å². The van der Waals surface area contributed by atoms with Crippen LogP contribution >= 0.6 is 0 Å². The van der Waals surface area contributed by atoms with E-state index in [1.807, 2.05) is 27.1 Å². The average Bonchev–Trinajstić information content (AvgIpc) is 2.72. The van der Waals surface area contributed by atoms with Crippen LogP contribution in [0, 0.1) is 0 Å². The van der Waals surface area contributed by atoms with Gasteiger partial charge in [0.2, 0.25) is 0 Å². The highest BCUT2D eigenvalue weighted by molar-refractivity contribution is 6.04. The summed E-state index contributed by atoms with van der Waals surface area (Å²) in [6.07, 6.45) is 1.72. The Labute approximate surface area is 164 Å². The highest BCUT2D eigenvalue weighted by Gasteiger charge is 2.15. The molecule has 0 saturated carbocycles. The number of nitrogens with zero attached hydrogens (tertiary/aromatic N) is 3. The third-order valence-corrected chi connectivity index (χ3v) is 4.76. The molecule has 0 aliphatic carbocycles. The minimum Gasteiger partial charge on any atom is -0.378 e. The summed E-state index contributed by atoms with van der Waals surface area (Å²) in [6.45, 7) is 2.81. The Hall–Kier alpha value is -3.15. The van der Waals surface area contributed by atoms with Crippen LogP contribution in [-0.4, -0.2) is 36.3 Å². The number of aromatic nitrogens is 2. The van der Waals surface area contributed by atoms with E-state index in [9.17, 15) is 9.59 Å². The molecular weight excluding hydrogens is 352 g/mol. The first kappa shape index (κ1) is 19.6. The van der Waals surface area contributed by atoms with Crippen molar-refractivity contribution >= 4 is 22.4 Å². The lowest BCUT2D eigenvalue weighted by atomic mass is 10.1. The summed E-state index contributed by atoms with van der Waals surface area (Å²) in [5, 5.41) is 8.32. The summed E-state index contributed by atoms with van der Waals surface area (Å²) in [5.41, 5.74) is 2.53. The number of aryl methyl sites for hydroxylation is 2. The van der Waals surface area contributed by atoms with E-state index < -0.39 is 0 Å². The second kappa shape index (κ2) is 8.69. The van der Waals surface area contributed by atoms with Gasteiger partial charge in [0.05, 0.1) is 5.39 Å². The van der Waals surface area contributed by atoms with Gasteiger partial charge < -0.3 is 10.2 Å². The molecule has 1 amide bonds. The lowest BCUT2D eigenvalue weighted by molar-refractivity contribution is 0.0947. The van der Waals surface area contributed by atoms with Gasteiger partial charge in [0.15, 0.2) is 5.69 Å². The minimum atomic E-state index is -0.249. The largest absolute Gasteiger partial charge is 0.378 e. The number of carbonyl (C=O) groups is 1. The van der Waals surface area contributed by atoms with Crippen LogP contribution in [0.5, 0.6) is 0 Å². The highest BCUT2D eigenvalue weighted by Crippen LogP contribution is 2.14. The van der Waals surface area contributed by atoms with Crippen LogP contribution in [0.4, 0.5) is 5.69 Å². The van der Waals surface area contributed by atoms with E-state index in [0.717, 1.165) is 12.8 Å². The van der Waals surface area contributed by atoms with Crippen LogP contribution in [-0.2, 0) is 13.0 Å². The van der Waals surface area contributed by atoms with Crippen molar-refractivity contribution in [2.45, 2.75) is 26.3 Å². The van der Waals surface area contributed by atoms with Gasteiger partial charge in [-0.1, -0.05) is 30.3 Å². The number of anilines is 1. The molecule has 6 heteroatoms. The van der Waals surface area contributed by atoms with Gasteiger partial charge in [0, 0.05) is 38.3 Å². The summed E-state index contributed by atoms with van der Waals surface area (Å²) in [4.78, 5) is 27.1. The Morgan fingerprint density at radius 3 is 2.39 bits per heavy atom. The lowest BCUT2D eigenvalue weighted by Crippen LogP contribution is -2.31. The smallest absolute Gasteiger partial charge is 0.274 e. The standard InChI is InChI=1S/C22H26N4O2/c1-4-26-22(28)19-10-6-5-9-18(19)20(24-26)21(27)23-15-7-8-16-11-13-17(14-12-16)25(2)3/h5-6,9-14H,4,7-8,15H2,1-3H3,(H,23,27). The third kappa shape index (κ3) is 4.22. The van der Waals surface area contributed by atoms with Crippen LogP contribution in [0.25, 0.3) is 10.8 Å². The van der Waals surface area contributed by atoms with Gasteiger partial charge in [-0.15, -0.1) is 0 Å². The number of benzene rings is 2. The van der Waals surface area contributed by atoms with Gasteiger partial charge in [0.25, 0.3) is 11.5 Å². The summed E-state index contributed by atoms with van der Waals surface area (Å²) in [7, 11) is 4.04. The fraction of sp³-hybridized carbons (Fsp3) is 0.318. The van der Waals surface area contributed by atoms with Gasteiger partial charge in [-0.3, -0.25) is 9.59 Å². The number of amides is 1. The molecule has 0 spiro atoms. The van der Waals surface area contributed by atoms with E-state index in [-0.39, 0.29) is 11.5 Å². The molecule has 0 aliphatic rings. The first-order valence-electron chi connectivity index (χ1n) is 9.55. The summed E-state index contributed by atoms with van der Waals surface area (Å²) in [6, 6.07) is 15.5. The van der Waals surface area contributed by atoms with Gasteiger partial charge in [-0.25, -0.2) is 4.68 Å². The van der Waals surface area contributed by atoms with E-state index in [1.54, 1.807) is 18.2 Å². The Balaban J connectivity index is 1.65. The van der Waals surface area contributed by atoms with Crippen molar-refractivity contribution in [3.8, 4) is 0 Å². The number of carbonyl (C=O) groups excluding carboxylic acids is 1. The van der Waals surface area contributed by atoms with Crippen LogP contribution in [0.3, 0.4) is 0 Å². The van der Waals surface area contributed by atoms with E-state index >= 15 is 0 Å². The zero-order valence-corrected chi connectivity index (χ0v) is 16.6. The molecular formula is C22H26N4O2. The fourth-order valence-corrected chi connectivity index (χ4v) is 3.16. The highest BCUT2D eigenvalue weighted by atomic mass is 16.2. The average molecular weight is 378 g/mol. The maximum Gasteiger partial charge on any atom is 0.274 e. The number of rotatable bonds is 7. The molecule has 1 N–H and O–H groups in total. The topological polar surface area (TPSA) is 67.2 Å². The van der Waals surface area contributed by atoms with E-state index in [4.69, 9.17) is 0 Å². The van der Waals surface area contributed by atoms with Gasteiger partial charge in [-0.05, 0) is 43.5 Å². The van der Waals surface area contributed by atoms with Crippen LogP contribution in [0.2, 0.25) is 0 Å². The second-order valence-electron chi connectivity index (χ2n) is 6.94. The molecule has 0 fully saturated rings. The molecule has 6 nitrogen and oxygen atoms in total. The molecule has 0 bridgehead atoms. The molecule has 0 aliphatic heterocycles. The minimum absolute atomic E-state index is 0.171. The van der Waals surface area contributed by atoms with E-state index in [0.29, 0.717) is 29.6 Å². The molecule has 0 unspecified atom stereocenters. The van der Waals surface area contributed by atoms with E-state index in [1.165, 1.54) is 15.9 Å². The van der Waals surface area contributed by atoms with Gasteiger partial charge >= 0.3 is 0 Å². The summed E-state index contributed by atoms with van der Waals surface area (Å²) < 4.78 is 1.34. The molecule has 0 atom stereocenters. The first-order valence-corrected chi connectivity index (χ1v) is 9.55. The van der Waals surface area contributed by atoms with Gasteiger partial charge in [-0.2, -0.15) is 5.10 Å².